The van der Waals surface area contributed by atoms with E-state index in [1.54, 1.807) is 30.5 Å². The summed E-state index contributed by atoms with van der Waals surface area (Å²) < 4.78 is 34.9. The number of sulfonamides is 1. The fraction of sp³-hybridized carbons (Fsp3) is 0.0476. The van der Waals surface area contributed by atoms with E-state index >= 15 is 0 Å². The molecule has 2 N–H and O–H groups in total. The average molecular weight is 485 g/mol. The second-order valence-electron chi connectivity index (χ2n) is 6.65. The maximum Gasteiger partial charge on any atom is 0.262 e. The number of amides is 1. The number of hydrogen-bond donors (Lipinski definition) is 2. The molecule has 168 valence electrons. The number of rotatable bonds is 7. The lowest BCUT2D eigenvalue weighted by Gasteiger charge is -2.13. The number of nitrogens with one attached hydrogen (secondary N) is 2. The number of methoxy groups -OCH3 is 1. The van der Waals surface area contributed by atoms with Crippen LogP contribution >= 0.6 is 11.6 Å². The van der Waals surface area contributed by atoms with Gasteiger partial charge < -0.3 is 10.1 Å². The zero-order chi connectivity index (χ0) is 23.4. The summed E-state index contributed by atoms with van der Waals surface area (Å²) in [4.78, 5) is 20.9. The van der Waals surface area contributed by atoms with Crippen molar-refractivity contribution in [3.63, 3.8) is 0 Å². The first-order chi connectivity index (χ1) is 15.9. The Morgan fingerprint density at radius 1 is 1.09 bits per heavy atom. The predicted molar refractivity (Wildman–Crippen MR) is 122 cm³/mol. The van der Waals surface area contributed by atoms with Gasteiger partial charge in [-0.3, -0.25) is 9.52 Å². The van der Waals surface area contributed by atoms with Crippen LogP contribution in [-0.2, 0) is 10.0 Å². The third-order valence-electron chi connectivity index (χ3n) is 4.48. The maximum atomic E-state index is 13.0. The summed E-state index contributed by atoms with van der Waals surface area (Å²) in [6.45, 7) is 0. The normalized spacial score (nSPS) is 11.1. The molecule has 4 rings (SSSR count). The zero-order valence-corrected chi connectivity index (χ0v) is 18.7. The van der Waals surface area contributed by atoms with Crippen molar-refractivity contribution in [2.45, 2.75) is 4.90 Å². The van der Waals surface area contributed by atoms with Gasteiger partial charge in [0.1, 0.15) is 18.4 Å². The zero-order valence-electron chi connectivity index (χ0n) is 17.1. The molecule has 0 radical (unpaired) electrons. The van der Waals surface area contributed by atoms with Crippen molar-refractivity contribution in [1.82, 2.24) is 19.7 Å². The van der Waals surface area contributed by atoms with E-state index in [1.165, 1.54) is 54.8 Å². The molecule has 4 aromatic rings. The summed E-state index contributed by atoms with van der Waals surface area (Å²) in [6, 6.07) is 13.5. The fourth-order valence-corrected chi connectivity index (χ4v) is 4.24. The van der Waals surface area contributed by atoms with Crippen molar-refractivity contribution >= 4 is 38.9 Å². The van der Waals surface area contributed by atoms with Crippen molar-refractivity contribution in [1.29, 1.82) is 0 Å². The number of carbonyl (C=O) groups excluding carboxylic acids is 1. The van der Waals surface area contributed by atoms with E-state index in [2.05, 4.69) is 25.1 Å². The van der Waals surface area contributed by atoms with Crippen molar-refractivity contribution in [2.75, 3.05) is 17.1 Å². The highest BCUT2D eigenvalue weighted by Crippen LogP contribution is 2.30. The fourth-order valence-electron chi connectivity index (χ4n) is 2.96. The van der Waals surface area contributed by atoms with Crippen molar-refractivity contribution in [2.24, 2.45) is 0 Å². The molecule has 12 heteroatoms. The van der Waals surface area contributed by atoms with Crippen LogP contribution in [0, 0.1) is 0 Å². The predicted octanol–water partition coefficient (Wildman–Crippen LogP) is 3.38. The van der Waals surface area contributed by atoms with Crippen LogP contribution in [-0.4, -0.2) is 41.2 Å². The van der Waals surface area contributed by atoms with Gasteiger partial charge in [0.15, 0.2) is 5.82 Å². The van der Waals surface area contributed by atoms with Crippen LogP contribution in [0.1, 0.15) is 10.4 Å². The third kappa shape index (κ3) is 4.94. The summed E-state index contributed by atoms with van der Waals surface area (Å²) in [5.74, 6) is 0.137. The number of carbonyl (C=O) groups is 1. The Hall–Kier alpha value is -3.96. The molecule has 0 saturated carbocycles. The molecule has 10 nitrogen and oxygen atoms in total. The molecule has 2 aromatic heterocycles. The van der Waals surface area contributed by atoms with E-state index in [4.69, 9.17) is 16.3 Å². The number of pyridine rings is 1. The minimum Gasteiger partial charge on any atom is -0.495 e. The van der Waals surface area contributed by atoms with E-state index in [-0.39, 0.29) is 16.1 Å². The molecule has 0 aliphatic carbocycles. The second-order valence-corrected chi connectivity index (χ2v) is 8.77. The summed E-state index contributed by atoms with van der Waals surface area (Å²) in [7, 11) is -2.62. The molecule has 33 heavy (non-hydrogen) atoms. The first-order valence-corrected chi connectivity index (χ1v) is 11.3. The monoisotopic (exact) mass is 484 g/mol. The first kappa shape index (κ1) is 22.2. The van der Waals surface area contributed by atoms with Crippen LogP contribution in [0.3, 0.4) is 0 Å². The summed E-state index contributed by atoms with van der Waals surface area (Å²) in [5.41, 5.74) is 0.681. The van der Waals surface area contributed by atoms with Gasteiger partial charge in [-0.25, -0.2) is 23.1 Å². The molecular formula is C21H17ClN6O4S. The molecule has 0 fully saturated rings. The number of halogens is 1. The number of benzene rings is 2. The molecule has 0 saturated heterocycles. The van der Waals surface area contributed by atoms with Gasteiger partial charge in [-0.1, -0.05) is 17.7 Å². The van der Waals surface area contributed by atoms with Gasteiger partial charge in [-0.2, -0.15) is 5.10 Å². The number of anilines is 2. The molecule has 0 bridgehead atoms. The Labute approximate surface area is 194 Å². The highest BCUT2D eigenvalue weighted by atomic mass is 35.5. The molecule has 0 atom stereocenters. The van der Waals surface area contributed by atoms with Gasteiger partial charge in [-0.05, 0) is 48.5 Å². The minimum absolute atomic E-state index is 0.111. The molecule has 0 aliphatic rings. The number of aromatic nitrogens is 4. The van der Waals surface area contributed by atoms with E-state index in [0.717, 1.165) is 0 Å². The van der Waals surface area contributed by atoms with Gasteiger partial charge in [0, 0.05) is 16.8 Å². The van der Waals surface area contributed by atoms with Crippen LogP contribution in [0.4, 0.5) is 11.4 Å². The van der Waals surface area contributed by atoms with Crippen LogP contribution in [0.15, 0.2) is 78.3 Å². The van der Waals surface area contributed by atoms with Crippen LogP contribution < -0.4 is 14.8 Å². The molecular weight excluding hydrogens is 468 g/mol. The standard InChI is InChI=1S/C21H17ClN6O4S/c1-32-19-8-7-15(22)11-18(19)27-33(30,31)16-5-2-4-14(10-16)21(29)26-17-6-3-9-24-20(17)28-13-23-12-25-28/h2-13,27H,1H3,(H,26,29). The third-order valence-corrected chi connectivity index (χ3v) is 6.08. The first-order valence-electron chi connectivity index (χ1n) is 9.45. The van der Waals surface area contributed by atoms with Crippen LogP contribution in [0.2, 0.25) is 5.02 Å². The van der Waals surface area contributed by atoms with Crippen molar-refractivity contribution in [3.05, 3.63) is 84.0 Å². The van der Waals surface area contributed by atoms with E-state index in [9.17, 15) is 13.2 Å². The lowest BCUT2D eigenvalue weighted by atomic mass is 10.2. The van der Waals surface area contributed by atoms with Crippen molar-refractivity contribution < 1.29 is 17.9 Å². The van der Waals surface area contributed by atoms with E-state index in [0.29, 0.717) is 22.3 Å². The SMILES string of the molecule is COc1ccc(Cl)cc1NS(=O)(=O)c1cccc(C(=O)Nc2cccnc2-n2cncn2)c1. The molecule has 0 aliphatic heterocycles. The number of ether oxygens (including phenoxy) is 1. The second kappa shape index (κ2) is 9.27. The van der Waals surface area contributed by atoms with Crippen LogP contribution in [0.25, 0.3) is 5.82 Å². The van der Waals surface area contributed by atoms with E-state index in [1.807, 2.05) is 0 Å². The van der Waals surface area contributed by atoms with Gasteiger partial charge in [0.2, 0.25) is 0 Å². The molecule has 1 amide bonds. The van der Waals surface area contributed by atoms with Gasteiger partial charge in [-0.15, -0.1) is 0 Å². The maximum absolute atomic E-state index is 13.0. The highest BCUT2D eigenvalue weighted by molar-refractivity contribution is 7.92. The lowest BCUT2D eigenvalue weighted by molar-refractivity contribution is 0.102. The molecule has 0 spiro atoms. The smallest absolute Gasteiger partial charge is 0.262 e. The largest absolute Gasteiger partial charge is 0.495 e. The summed E-state index contributed by atoms with van der Waals surface area (Å²) >= 11 is 5.98. The number of hydrogen-bond acceptors (Lipinski definition) is 7. The Bertz CT molecular complexity index is 1410. The topological polar surface area (TPSA) is 128 Å². The van der Waals surface area contributed by atoms with Crippen LogP contribution in [0.5, 0.6) is 5.75 Å². The van der Waals surface area contributed by atoms with E-state index < -0.39 is 15.9 Å². The summed E-state index contributed by atoms with van der Waals surface area (Å²) in [5, 5.41) is 7.08. The highest BCUT2D eigenvalue weighted by Gasteiger charge is 2.19. The van der Waals surface area contributed by atoms with Crippen molar-refractivity contribution in [3.8, 4) is 11.6 Å². The lowest BCUT2D eigenvalue weighted by Crippen LogP contribution is -2.17. The minimum atomic E-state index is -4.04. The molecule has 2 aromatic carbocycles. The van der Waals surface area contributed by atoms with Gasteiger partial charge in [0.25, 0.3) is 15.9 Å². The Morgan fingerprint density at radius 2 is 1.94 bits per heavy atom. The quantitative estimate of drug-likeness (QED) is 0.411. The summed E-state index contributed by atoms with van der Waals surface area (Å²) in [6.07, 6.45) is 4.34. The Morgan fingerprint density at radius 3 is 2.70 bits per heavy atom. The molecule has 0 unspecified atom stereocenters. The molecule has 2 heterocycles. The Balaban J connectivity index is 1.60. The Kier molecular flexibility index (Phi) is 6.24. The average Bonchev–Trinajstić information content (AvgIpc) is 3.34. The van der Waals surface area contributed by atoms with Gasteiger partial charge in [0.05, 0.1) is 23.4 Å². The number of nitrogens with zero attached hydrogens (tertiary/aromatic N) is 4. The van der Waals surface area contributed by atoms with Gasteiger partial charge >= 0.3 is 0 Å².